The number of rotatable bonds is 8. The maximum atomic E-state index is 13.0. The van der Waals surface area contributed by atoms with Crippen molar-refractivity contribution in [2.24, 2.45) is 5.92 Å². The smallest absolute Gasteiger partial charge is 0.276 e. The SMILES string of the molecule is CC(C)[C@@H](C)NC(=O)c1[nH]cnc1C(=O)Nc1ccc(CC(=O)c2ccc(F)cc2)cc1. The van der Waals surface area contributed by atoms with Crippen molar-refractivity contribution in [3.8, 4) is 0 Å². The fourth-order valence-electron chi connectivity index (χ4n) is 2.90. The average molecular weight is 436 g/mol. The molecule has 0 aliphatic rings. The summed E-state index contributed by atoms with van der Waals surface area (Å²) in [5.74, 6) is -1.21. The molecule has 7 nitrogen and oxygen atoms in total. The number of nitrogens with zero attached hydrogens (tertiary/aromatic N) is 1. The molecule has 0 spiro atoms. The van der Waals surface area contributed by atoms with E-state index < -0.39 is 17.6 Å². The number of hydrogen-bond acceptors (Lipinski definition) is 4. The maximum Gasteiger partial charge on any atom is 0.276 e. The first kappa shape index (κ1) is 22.9. The van der Waals surface area contributed by atoms with Gasteiger partial charge in [0.2, 0.25) is 0 Å². The van der Waals surface area contributed by atoms with Gasteiger partial charge in [0.05, 0.1) is 6.33 Å². The third-order valence-corrected chi connectivity index (χ3v) is 5.18. The summed E-state index contributed by atoms with van der Waals surface area (Å²) in [4.78, 5) is 44.1. The molecule has 3 aromatic rings. The number of H-pyrrole nitrogens is 1. The van der Waals surface area contributed by atoms with Crippen LogP contribution in [0.25, 0.3) is 0 Å². The number of aromatic amines is 1. The van der Waals surface area contributed by atoms with Crippen LogP contribution in [0.2, 0.25) is 0 Å². The molecular formula is C24H25FN4O3. The lowest BCUT2D eigenvalue weighted by molar-refractivity contribution is 0.0914. The van der Waals surface area contributed by atoms with Gasteiger partial charge in [0.1, 0.15) is 11.5 Å². The number of imidazole rings is 1. The molecule has 0 saturated heterocycles. The van der Waals surface area contributed by atoms with E-state index in [0.29, 0.717) is 11.3 Å². The maximum absolute atomic E-state index is 13.0. The lowest BCUT2D eigenvalue weighted by Crippen LogP contribution is -2.37. The van der Waals surface area contributed by atoms with Crippen LogP contribution in [-0.4, -0.2) is 33.6 Å². The van der Waals surface area contributed by atoms with Gasteiger partial charge in [0.15, 0.2) is 11.5 Å². The van der Waals surface area contributed by atoms with Crippen LogP contribution in [0, 0.1) is 11.7 Å². The Morgan fingerprint density at radius 2 is 1.62 bits per heavy atom. The van der Waals surface area contributed by atoms with E-state index in [4.69, 9.17) is 0 Å². The minimum absolute atomic E-state index is 0.00554. The van der Waals surface area contributed by atoms with Gasteiger partial charge in [-0.3, -0.25) is 14.4 Å². The Bertz CT molecular complexity index is 1110. The summed E-state index contributed by atoms with van der Waals surface area (Å²) in [5.41, 5.74) is 1.77. The van der Waals surface area contributed by atoms with Gasteiger partial charge in [-0.25, -0.2) is 9.37 Å². The van der Waals surface area contributed by atoms with Crippen molar-refractivity contribution >= 4 is 23.3 Å². The van der Waals surface area contributed by atoms with E-state index in [1.807, 2.05) is 20.8 Å². The van der Waals surface area contributed by atoms with Crippen molar-refractivity contribution in [1.29, 1.82) is 0 Å². The van der Waals surface area contributed by atoms with Crippen LogP contribution in [0.15, 0.2) is 54.9 Å². The number of Topliss-reactive ketones (excluding diaryl/α,β-unsaturated/α-hetero) is 1. The molecule has 1 heterocycles. The van der Waals surface area contributed by atoms with Crippen molar-refractivity contribution in [2.75, 3.05) is 5.32 Å². The normalized spacial score (nSPS) is 11.8. The van der Waals surface area contributed by atoms with Crippen LogP contribution >= 0.6 is 0 Å². The molecule has 32 heavy (non-hydrogen) atoms. The number of carbonyl (C=O) groups is 3. The molecule has 2 amide bonds. The van der Waals surface area contributed by atoms with E-state index in [9.17, 15) is 18.8 Å². The molecule has 1 atom stereocenters. The minimum Gasteiger partial charge on any atom is -0.348 e. The third-order valence-electron chi connectivity index (χ3n) is 5.18. The summed E-state index contributed by atoms with van der Waals surface area (Å²) < 4.78 is 13.0. The van der Waals surface area contributed by atoms with Gasteiger partial charge in [-0.2, -0.15) is 0 Å². The fourth-order valence-corrected chi connectivity index (χ4v) is 2.90. The predicted molar refractivity (Wildman–Crippen MR) is 119 cm³/mol. The molecule has 0 radical (unpaired) electrons. The fraction of sp³-hybridized carbons (Fsp3) is 0.250. The van der Waals surface area contributed by atoms with Gasteiger partial charge >= 0.3 is 0 Å². The highest BCUT2D eigenvalue weighted by Crippen LogP contribution is 2.15. The second-order valence-corrected chi connectivity index (χ2v) is 7.89. The number of amides is 2. The number of aromatic nitrogens is 2. The quantitative estimate of drug-likeness (QED) is 0.464. The number of nitrogens with one attached hydrogen (secondary N) is 3. The molecule has 0 saturated carbocycles. The lowest BCUT2D eigenvalue weighted by atomic mass is 10.0. The van der Waals surface area contributed by atoms with E-state index in [-0.39, 0.29) is 35.6 Å². The molecule has 8 heteroatoms. The van der Waals surface area contributed by atoms with Crippen LogP contribution in [0.3, 0.4) is 0 Å². The second-order valence-electron chi connectivity index (χ2n) is 7.89. The molecule has 0 bridgehead atoms. The topological polar surface area (TPSA) is 104 Å². The molecule has 3 rings (SSSR count). The van der Waals surface area contributed by atoms with Gasteiger partial charge in [0, 0.05) is 23.7 Å². The zero-order valence-electron chi connectivity index (χ0n) is 18.1. The van der Waals surface area contributed by atoms with Crippen LogP contribution in [0.1, 0.15) is 57.7 Å². The van der Waals surface area contributed by atoms with Crippen molar-refractivity contribution < 1.29 is 18.8 Å². The molecule has 1 aromatic heterocycles. The summed E-state index contributed by atoms with van der Waals surface area (Å²) in [6.07, 6.45) is 1.45. The largest absolute Gasteiger partial charge is 0.348 e. The minimum atomic E-state index is -0.524. The van der Waals surface area contributed by atoms with Crippen LogP contribution < -0.4 is 10.6 Å². The number of anilines is 1. The number of hydrogen-bond donors (Lipinski definition) is 3. The van der Waals surface area contributed by atoms with Crippen LogP contribution in [0.4, 0.5) is 10.1 Å². The molecular weight excluding hydrogens is 411 g/mol. The summed E-state index contributed by atoms with van der Waals surface area (Å²) in [5, 5.41) is 5.55. The van der Waals surface area contributed by atoms with Crippen LogP contribution in [-0.2, 0) is 6.42 Å². The van der Waals surface area contributed by atoms with Gasteiger partial charge < -0.3 is 15.6 Å². The van der Waals surface area contributed by atoms with Gasteiger partial charge in [-0.1, -0.05) is 26.0 Å². The second kappa shape index (κ2) is 10.00. The Morgan fingerprint density at radius 1 is 0.969 bits per heavy atom. The monoisotopic (exact) mass is 436 g/mol. The zero-order valence-corrected chi connectivity index (χ0v) is 18.1. The Balaban J connectivity index is 1.63. The molecule has 0 aliphatic carbocycles. The first-order valence-corrected chi connectivity index (χ1v) is 10.3. The highest BCUT2D eigenvalue weighted by molar-refractivity contribution is 6.10. The summed E-state index contributed by atoms with van der Waals surface area (Å²) in [7, 11) is 0. The molecule has 166 valence electrons. The molecule has 3 N–H and O–H groups in total. The lowest BCUT2D eigenvalue weighted by Gasteiger charge is -2.17. The van der Waals surface area contributed by atoms with Crippen molar-refractivity contribution in [1.82, 2.24) is 15.3 Å². The van der Waals surface area contributed by atoms with Crippen molar-refractivity contribution in [3.05, 3.63) is 83.2 Å². The highest BCUT2D eigenvalue weighted by atomic mass is 19.1. The predicted octanol–water partition coefficient (Wildman–Crippen LogP) is 4.00. The summed E-state index contributed by atoms with van der Waals surface area (Å²) >= 11 is 0. The average Bonchev–Trinajstić information content (AvgIpc) is 3.25. The van der Waals surface area contributed by atoms with Gasteiger partial charge in [0.25, 0.3) is 11.8 Å². The van der Waals surface area contributed by atoms with E-state index >= 15 is 0 Å². The van der Waals surface area contributed by atoms with Crippen LogP contribution in [0.5, 0.6) is 0 Å². The molecule has 2 aromatic carbocycles. The zero-order chi connectivity index (χ0) is 23.3. The summed E-state index contributed by atoms with van der Waals surface area (Å²) in [6, 6.07) is 12.1. The third kappa shape index (κ3) is 5.66. The van der Waals surface area contributed by atoms with E-state index in [0.717, 1.165) is 5.56 Å². The Labute approximate surface area is 185 Å². The molecule has 0 aliphatic heterocycles. The Hall–Kier alpha value is -3.81. The molecule has 0 unspecified atom stereocenters. The number of halogens is 1. The van der Waals surface area contributed by atoms with E-state index in [1.54, 1.807) is 24.3 Å². The number of ketones is 1. The first-order chi connectivity index (χ1) is 15.2. The Morgan fingerprint density at radius 3 is 2.25 bits per heavy atom. The van der Waals surface area contributed by atoms with Crippen molar-refractivity contribution in [2.45, 2.75) is 33.2 Å². The van der Waals surface area contributed by atoms with E-state index in [2.05, 4.69) is 20.6 Å². The van der Waals surface area contributed by atoms with Crippen molar-refractivity contribution in [3.63, 3.8) is 0 Å². The Kier molecular flexibility index (Phi) is 7.14. The van der Waals surface area contributed by atoms with Gasteiger partial charge in [-0.15, -0.1) is 0 Å². The first-order valence-electron chi connectivity index (χ1n) is 10.3. The standard InChI is InChI=1S/C24H25FN4O3/c1-14(2)15(3)28-23(31)21-22(27-13-26-21)24(32)29-19-10-4-16(5-11-19)12-20(30)17-6-8-18(25)9-7-17/h4-11,13-15H,12H2,1-3H3,(H,26,27)(H,28,31)(H,29,32)/t15-/m1/s1. The number of carbonyl (C=O) groups excluding carboxylic acids is 3. The number of benzene rings is 2. The molecule has 0 fully saturated rings. The van der Waals surface area contributed by atoms with Gasteiger partial charge in [-0.05, 0) is 54.8 Å². The van der Waals surface area contributed by atoms with E-state index in [1.165, 1.54) is 30.6 Å². The summed E-state index contributed by atoms with van der Waals surface area (Å²) in [6.45, 7) is 5.87. The highest BCUT2D eigenvalue weighted by Gasteiger charge is 2.22.